The van der Waals surface area contributed by atoms with Crippen molar-refractivity contribution in [3.63, 3.8) is 0 Å². The van der Waals surface area contributed by atoms with Gasteiger partial charge in [-0.3, -0.25) is 10.1 Å². The highest BCUT2D eigenvalue weighted by Crippen LogP contribution is 2.40. The van der Waals surface area contributed by atoms with Gasteiger partial charge < -0.3 is 14.8 Å². The summed E-state index contributed by atoms with van der Waals surface area (Å²) in [4.78, 5) is 12.5. The van der Waals surface area contributed by atoms with Gasteiger partial charge in [0, 0.05) is 11.3 Å². The highest BCUT2D eigenvalue weighted by Gasteiger charge is 2.35. The normalized spacial score (nSPS) is 14.5. The van der Waals surface area contributed by atoms with Crippen LogP contribution in [0.1, 0.15) is 41.6 Å². The highest BCUT2D eigenvalue weighted by molar-refractivity contribution is 7.80. The van der Waals surface area contributed by atoms with Gasteiger partial charge in [0.1, 0.15) is 0 Å². The number of nitrogens with one attached hydrogen (secondary N) is 2. The Labute approximate surface area is 175 Å². The molecule has 0 unspecified atom stereocenters. The largest absolute Gasteiger partial charge is 0.493 e. The molecule has 1 saturated carbocycles. The van der Waals surface area contributed by atoms with Crippen LogP contribution in [0.2, 0.25) is 0 Å². The number of methoxy groups -OCH3 is 2. The number of anilines is 1. The number of hydrogen-bond donors (Lipinski definition) is 2. The molecule has 29 heavy (non-hydrogen) atoms. The summed E-state index contributed by atoms with van der Waals surface area (Å²) in [6.07, 6.45) is 3.96. The third-order valence-electron chi connectivity index (χ3n) is 5.24. The van der Waals surface area contributed by atoms with Crippen LogP contribution in [-0.2, 0) is 5.41 Å². The number of hydrogen-bond acceptors (Lipinski definition) is 5. The number of ether oxygens (including phenoxy) is 2. The maximum absolute atomic E-state index is 12.5. The fourth-order valence-electron chi connectivity index (χ4n) is 3.63. The van der Waals surface area contributed by atoms with E-state index in [0.29, 0.717) is 17.1 Å². The Morgan fingerprint density at radius 2 is 1.72 bits per heavy atom. The fourth-order valence-corrected chi connectivity index (χ4v) is 3.84. The summed E-state index contributed by atoms with van der Waals surface area (Å²) in [7, 11) is 3.05. The number of nitriles is 1. The van der Waals surface area contributed by atoms with Crippen molar-refractivity contribution in [3.05, 3.63) is 53.6 Å². The second-order valence-electron chi connectivity index (χ2n) is 6.96. The van der Waals surface area contributed by atoms with E-state index < -0.39 is 0 Å². The zero-order valence-electron chi connectivity index (χ0n) is 16.5. The van der Waals surface area contributed by atoms with E-state index in [1.165, 1.54) is 14.2 Å². The number of thiocarbonyl (C=S) groups is 1. The van der Waals surface area contributed by atoms with Crippen LogP contribution in [0.5, 0.6) is 11.5 Å². The molecule has 6 nitrogen and oxygen atoms in total. The number of carbonyl (C=O) groups is 1. The van der Waals surface area contributed by atoms with Gasteiger partial charge >= 0.3 is 0 Å². The number of benzene rings is 2. The first-order valence-corrected chi connectivity index (χ1v) is 9.78. The molecular formula is C22H23N3O3S. The van der Waals surface area contributed by atoms with Crippen molar-refractivity contribution in [2.24, 2.45) is 0 Å². The lowest BCUT2D eigenvalue weighted by atomic mass is 9.80. The Hall–Kier alpha value is -3.11. The van der Waals surface area contributed by atoms with Crippen molar-refractivity contribution in [3.8, 4) is 17.6 Å². The van der Waals surface area contributed by atoms with Crippen LogP contribution >= 0.6 is 12.2 Å². The highest BCUT2D eigenvalue weighted by atomic mass is 32.1. The Kier molecular flexibility index (Phi) is 6.35. The first-order chi connectivity index (χ1) is 14.0. The van der Waals surface area contributed by atoms with E-state index in [2.05, 4.69) is 16.7 Å². The number of carbonyl (C=O) groups excluding carboxylic acids is 1. The first-order valence-electron chi connectivity index (χ1n) is 9.37. The minimum Gasteiger partial charge on any atom is -0.493 e. The second kappa shape index (κ2) is 8.93. The van der Waals surface area contributed by atoms with Gasteiger partial charge in [0.15, 0.2) is 16.6 Å². The van der Waals surface area contributed by atoms with Crippen LogP contribution < -0.4 is 20.1 Å². The Bertz CT molecular complexity index is 945. The molecule has 0 atom stereocenters. The first kappa shape index (κ1) is 20.6. The van der Waals surface area contributed by atoms with Crippen LogP contribution in [0.25, 0.3) is 0 Å². The van der Waals surface area contributed by atoms with Gasteiger partial charge in [0.05, 0.1) is 25.7 Å². The molecule has 1 fully saturated rings. The number of rotatable bonds is 5. The van der Waals surface area contributed by atoms with E-state index >= 15 is 0 Å². The Morgan fingerprint density at radius 3 is 2.31 bits per heavy atom. The summed E-state index contributed by atoms with van der Waals surface area (Å²) in [5, 5.41) is 15.5. The fraction of sp³-hybridized carbons (Fsp3) is 0.318. The SMILES string of the molecule is COc1ccc(C(=O)NC(=S)Nc2ccc(C3(C#N)CCCC3)cc2)cc1OC. The van der Waals surface area contributed by atoms with Gasteiger partial charge in [-0.2, -0.15) is 5.26 Å². The average Bonchev–Trinajstić information content (AvgIpc) is 3.24. The predicted octanol–water partition coefficient (Wildman–Crippen LogP) is 4.17. The van der Waals surface area contributed by atoms with Crippen LogP contribution in [0.15, 0.2) is 42.5 Å². The van der Waals surface area contributed by atoms with Crippen LogP contribution in [0.3, 0.4) is 0 Å². The molecule has 0 aliphatic heterocycles. The molecule has 7 heteroatoms. The molecule has 2 N–H and O–H groups in total. The van der Waals surface area contributed by atoms with E-state index in [4.69, 9.17) is 21.7 Å². The number of nitrogens with zero attached hydrogens (tertiary/aromatic N) is 1. The van der Waals surface area contributed by atoms with Crippen molar-refractivity contribution >= 4 is 28.9 Å². The standard InChI is InChI=1S/C22H23N3O3S/c1-27-18-10-5-15(13-19(18)28-2)20(26)25-21(29)24-17-8-6-16(7-9-17)22(14-23)11-3-4-12-22/h5-10,13H,3-4,11-12H2,1-2H3,(H2,24,25,26,29). The van der Waals surface area contributed by atoms with Crippen molar-refractivity contribution < 1.29 is 14.3 Å². The van der Waals surface area contributed by atoms with Gasteiger partial charge in [-0.1, -0.05) is 25.0 Å². The van der Waals surface area contributed by atoms with E-state index in [1.807, 2.05) is 24.3 Å². The average molecular weight is 410 g/mol. The number of amides is 1. The van der Waals surface area contributed by atoms with Gasteiger partial charge in [0.25, 0.3) is 5.91 Å². The summed E-state index contributed by atoms with van der Waals surface area (Å²) in [6, 6.07) is 15.0. The zero-order valence-corrected chi connectivity index (χ0v) is 17.3. The third kappa shape index (κ3) is 4.49. The predicted molar refractivity (Wildman–Crippen MR) is 115 cm³/mol. The molecular weight excluding hydrogens is 386 g/mol. The molecule has 1 aliphatic rings. The molecule has 1 aliphatic carbocycles. The molecule has 0 heterocycles. The van der Waals surface area contributed by atoms with Crippen molar-refractivity contribution in [2.45, 2.75) is 31.1 Å². The topological polar surface area (TPSA) is 83.4 Å². The summed E-state index contributed by atoms with van der Waals surface area (Å²) in [5.74, 6) is 0.657. The lowest BCUT2D eigenvalue weighted by molar-refractivity contribution is 0.0977. The van der Waals surface area contributed by atoms with Crippen molar-refractivity contribution in [2.75, 3.05) is 19.5 Å². The third-order valence-corrected chi connectivity index (χ3v) is 5.44. The summed E-state index contributed by atoms with van der Waals surface area (Å²) >= 11 is 5.26. The molecule has 150 valence electrons. The quantitative estimate of drug-likeness (QED) is 0.722. The van der Waals surface area contributed by atoms with Crippen molar-refractivity contribution in [1.29, 1.82) is 5.26 Å². The maximum Gasteiger partial charge on any atom is 0.257 e. The molecule has 0 saturated heterocycles. The zero-order chi connectivity index (χ0) is 20.9. The monoisotopic (exact) mass is 409 g/mol. The minimum atomic E-state index is -0.374. The lowest BCUT2D eigenvalue weighted by Crippen LogP contribution is -2.34. The molecule has 0 spiro atoms. The molecule has 0 bridgehead atoms. The van der Waals surface area contributed by atoms with E-state index in [1.54, 1.807) is 18.2 Å². The Morgan fingerprint density at radius 1 is 1.07 bits per heavy atom. The van der Waals surface area contributed by atoms with Crippen LogP contribution in [0, 0.1) is 11.3 Å². The summed E-state index contributed by atoms with van der Waals surface area (Å²) in [5.41, 5.74) is 1.81. The minimum absolute atomic E-state index is 0.188. The maximum atomic E-state index is 12.5. The van der Waals surface area contributed by atoms with Crippen molar-refractivity contribution in [1.82, 2.24) is 5.32 Å². The molecule has 1 amide bonds. The van der Waals surface area contributed by atoms with E-state index in [9.17, 15) is 10.1 Å². The van der Waals surface area contributed by atoms with E-state index in [-0.39, 0.29) is 16.4 Å². The molecule has 0 aromatic heterocycles. The lowest BCUT2D eigenvalue weighted by Gasteiger charge is -2.21. The second-order valence-corrected chi connectivity index (χ2v) is 7.36. The molecule has 2 aromatic carbocycles. The summed E-state index contributed by atoms with van der Waals surface area (Å²) < 4.78 is 10.4. The van der Waals surface area contributed by atoms with Gasteiger partial charge in [-0.25, -0.2) is 0 Å². The Balaban J connectivity index is 1.63. The molecule has 0 radical (unpaired) electrons. The van der Waals surface area contributed by atoms with Gasteiger partial charge in [0.2, 0.25) is 0 Å². The van der Waals surface area contributed by atoms with Gasteiger partial charge in [-0.05, 0) is 61.0 Å². The molecule has 2 aromatic rings. The smallest absolute Gasteiger partial charge is 0.257 e. The van der Waals surface area contributed by atoms with E-state index in [0.717, 1.165) is 36.9 Å². The summed E-state index contributed by atoms with van der Waals surface area (Å²) in [6.45, 7) is 0. The van der Waals surface area contributed by atoms with Crippen LogP contribution in [-0.4, -0.2) is 25.2 Å². The molecule has 3 rings (SSSR count). The van der Waals surface area contributed by atoms with Gasteiger partial charge in [-0.15, -0.1) is 0 Å². The van der Waals surface area contributed by atoms with Crippen LogP contribution in [0.4, 0.5) is 5.69 Å².